The van der Waals surface area contributed by atoms with Crippen LogP contribution in [0.4, 0.5) is 0 Å². The molecule has 1 aromatic carbocycles. The van der Waals surface area contributed by atoms with Crippen LogP contribution >= 0.6 is 0 Å². The van der Waals surface area contributed by atoms with Crippen molar-refractivity contribution in [3.05, 3.63) is 23.8 Å². The van der Waals surface area contributed by atoms with E-state index in [9.17, 15) is 5.11 Å². The maximum atomic E-state index is 9.59. The Hall–Kier alpha value is -1.26. The summed E-state index contributed by atoms with van der Waals surface area (Å²) < 4.78 is 10.7. The molecule has 1 aliphatic carbocycles. The highest BCUT2D eigenvalue weighted by Crippen LogP contribution is 2.37. The lowest BCUT2D eigenvalue weighted by Gasteiger charge is -2.30. The zero-order valence-corrected chi connectivity index (χ0v) is 12.6. The Morgan fingerprint density at radius 1 is 1.35 bits per heavy atom. The second-order valence-corrected chi connectivity index (χ2v) is 5.82. The molecule has 1 aliphatic rings. The Morgan fingerprint density at radius 2 is 2.15 bits per heavy atom. The third kappa shape index (κ3) is 3.07. The number of ether oxygens (including phenoxy) is 2. The summed E-state index contributed by atoms with van der Waals surface area (Å²) in [6.07, 6.45) is 3.36. The molecule has 0 saturated heterocycles. The second-order valence-electron chi connectivity index (χ2n) is 5.82. The molecule has 112 valence electrons. The first-order valence-corrected chi connectivity index (χ1v) is 7.18. The zero-order chi connectivity index (χ0) is 14.6. The van der Waals surface area contributed by atoms with Crippen LogP contribution in [0.1, 0.15) is 31.7 Å². The van der Waals surface area contributed by atoms with Gasteiger partial charge in [-0.15, -0.1) is 0 Å². The number of methoxy groups -OCH3 is 2. The van der Waals surface area contributed by atoms with Gasteiger partial charge in [0.25, 0.3) is 0 Å². The number of rotatable bonds is 6. The summed E-state index contributed by atoms with van der Waals surface area (Å²) in [6, 6.07) is 6.17. The minimum atomic E-state index is -0.00784. The molecular formula is C16H25NO3. The Labute approximate surface area is 121 Å². The molecule has 2 atom stereocenters. The van der Waals surface area contributed by atoms with Crippen molar-refractivity contribution in [2.45, 2.75) is 38.8 Å². The molecule has 1 saturated carbocycles. The highest BCUT2D eigenvalue weighted by Gasteiger charge is 2.37. The van der Waals surface area contributed by atoms with E-state index in [1.165, 1.54) is 6.42 Å². The maximum Gasteiger partial charge on any atom is 0.123 e. The summed E-state index contributed by atoms with van der Waals surface area (Å²) in [7, 11) is 3.34. The molecule has 0 amide bonds. The quantitative estimate of drug-likeness (QED) is 0.839. The Morgan fingerprint density at radius 3 is 2.80 bits per heavy atom. The van der Waals surface area contributed by atoms with Crippen LogP contribution in [0.5, 0.6) is 11.5 Å². The topological polar surface area (TPSA) is 50.7 Å². The highest BCUT2D eigenvalue weighted by atomic mass is 16.5. The van der Waals surface area contributed by atoms with Crippen LogP contribution < -0.4 is 14.8 Å². The van der Waals surface area contributed by atoms with E-state index in [4.69, 9.17) is 9.47 Å². The van der Waals surface area contributed by atoms with E-state index >= 15 is 0 Å². The van der Waals surface area contributed by atoms with Crippen LogP contribution in [0.2, 0.25) is 0 Å². The van der Waals surface area contributed by atoms with Gasteiger partial charge >= 0.3 is 0 Å². The van der Waals surface area contributed by atoms with E-state index in [-0.39, 0.29) is 12.0 Å². The van der Waals surface area contributed by atoms with E-state index in [1.807, 2.05) is 18.2 Å². The van der Waals surface area contributed by atoms with Gasteiger partial charge in [0.05, 0.1) is 14.2 Å². The van der Waals surface area contributed by atoms with Crippen molar-refractivity contribution >= 4 is 0 Å². The van der Waals surface area contributed by atoms with Gasteiger partial charge in [0.15, 0.2) is 0 Å². The van der Waals surface area contributed by atoms with Gasteiger partial charge in [0, 0.05) is 30.2 Å². The predicted octanol–water partition coefficient (Wildman–Crippen LogP) is 2.34. The normalized spacial score (nSPS) is 25.7. The molecule has 1 fully saturated rings. The molecule has 0 spiro atoms. The lowest BCUT2D eigenvalue weighted by Crippen LogP contribution is -2.41. The minimum absolute atomic E-state index is 0.00784. The van der Waals surface area contributed by atoms with Crippen LogP contribution in [0, 0.1) is 5.41 Å². The number of hydrogen-bond donors (Lipinski definition) is 2. The van der Waals surface area contributed by atoms with Crippen molar-refractivity contribution in [3.8, 4) is 11.5 Å². The summed E-state index contributed by atoms with van der Waals surface area (Å²) >= 11 is 0. The molecule has 0 heterocycles. The standard InChI is InChI=1S/C16H25NO3/c1-16(11-18)8-4-5-15(16)17-10-12-9-13(19-2)6-7-14(12)20-3/h6-7,9,15,17-18H,4-5,8,10-11H2,1-3H3. The lowest BCUT2D eigenvalue weighted by molar-refractivity contribution is 0.118. The number of nitrogens with one attached hydrogen (secondary N) is 1. The first-order valence-electron chi connectivity index (χ1n) is 7.18. The summed E-state index contributed by atoms with van der Waals surface area (Å²) in [4.78, 5) is 0. The molecule has 2 unspecified atom stereocenters. The Bertz CT molecular complexity index is 449. The highest BCUT2D eigenvalue weighted by molar-refractivity contribution is 5.40. The maximum absolute atomic E-state index is 9.59. The fraction of sp³-hybridized carbons (Fsp3) is 0.625. The Balaban J connectivity index is 2.06. The minimum Gasteiger partial charge on any atom is -0.497 e. The van der Waals surface area contributed by atoms with Crippen molar-refractivity contribution in [2.75, 3.05) is 20.8 Å². The number of hydrogen-bond acceptors (Lipinski definition) is 4. The summed E-state index contributed by atoms with van der Waals surface area (Å²) in [5.74, 6) is 1.70. The predicted molar refractivity (Wildman–Crippen MR) is 79.2 cm³/mol. The molecule has 0 aromatic heterocycles. The number of benzene rings is 1. The third-order valence-electron chi connectivity index (χ3n) is 4.47. The number of aliphatic hydroxyl groups is 1. The fourth-order valence-corrected chi connectivity index (χ4v) is 3.02. The van der Waals surface area contributed by atoms with Gasteiger partial charge in [-0.25, -0.2) is 0 Å². The van der Waals surface area contributed by atoms with Crippen molar-refractivity contribution in [2.24, 2.45) is 5.41 Å². The molecule has 2 rings (SSSR count). The van der Waals surface area contributed by atoms with E-state index < -0.39 is 0 Å². The monoisotopic (exact) mass is 279 g/mol. The molecule has 1 aromatic rings. The van der Waals surface area contributed by atoms with Gasteiger partial charge in [-0.1, -0.05) is 13.3 Å². The smallest absolute Gasteiger partial charge is 0.123 e. The summed E-state index contributed by atoms with van der Waals surface area (Å²) in [5.41, 5.74) is 1.07. The number of aliphatic hydroxyl groups excluding tert-OH is 1. The van der Waals surface area contributed by atoms with Gasteiger partial charge in [-0.2, -0.15) is 0 Å². The first-order chi connectivity index (χ1) is 9.62. The molecule has 0 bridgehead atoms. The van der Waals surface area contributed by atoms with Gasteiger partial charge < -0.3 is 19.9 Å². The summed E-state index contributed by atoms with van der Waals surface area (Å²) in [6.45, 7) is 3.11. The summed E-state index contributed by atoms with van der Waals surface area (Å²) in [5, 5.41) is 13.2. The van der Waals surface area contributed by atoms with Crippen LogP contribution in [-0.2, 0) is 6.54 Å². The van der Waals surface area contributed by atoms with Crippen LogP contribution in [0.25, 0.3) is 0 Å². The molecule has 4 heteroatoms. The van der Waals surface area contributed by atoms with Gasteiger partial charge in [0.1, 0.15) is 11.5 Å². The largest absolute Gasteiger partial charge is 0.497 e. The van der Waals surface area contributed by atoms with Crippen LogP contribution in [0.3, 0.4) is 0 Å². The van der Waals surface area contributed by atoms with Gasteiger partial charge in [-0.05, 0) is 31.0 Å². The molecule has 0 aliphatic heterocycles. The molecule has 20 heavy (non-hydrogen) atoms. The molecule has 4 nitrogen and oxygen atoms in total. The SMILES string of the molecule is COc1ccc(OC)c(CNC2CCCC2(C)CO)c1. The average molecular weight is 279 g/mol. The van der Waals surface area contributed by atoms with Crippen LogP contribution in [-0.4, -0.2) is 32.0 Å². The van der Waals surface area contributed by atoms with Crippen molar-refractivity contribution in [1.82, 2.24) is 5.32 Å². The fourth-order valence-electron chi connectivity index (χ4n) is 3.02. The van der Waals surface area contributed by atoms with Gasteiger partial charge in [-0.3, -0.25) is 0 Å². The van der Waals surface area contributed by atoms with Crippen molar-refractivity contribution < 1.29 is 14.6 Å². The zero-order valence-electron chi connectivity index (χ0n) is 12.6. The second kappa shape index (κ2) is 6.46. The third-order valence-corrected chi connectivity index (χ3v) is 4.47. The average Bonchev–Trinajstić information content (AvgIpc) is 2.86. The van der Waals surface area contributed by atoms with Crippen LogP contribution in [0.15, 0.2) is 18.2 Å². The van der Waals surface area contributed by atoms with E-state index in [0.717, 1.165) is 36.4 Å². The van der Waals surface area contributed by atoms with Gasteiger partial charge in [0.2, 0.25) is 0 Å². The van der Waals surface area contributed by atoms with Crippen molar-refractivity contribution in [3.63, 3.8) is 0 Å². The molecular weight excluding hydrogens is 254 g/mol. The van der Waals surface area contributed by atoms with E-state index in [0.29, 0.717) is 6.04 Å². The van der Waals surface area contributed by atoms with Crippen molar-refractivity contribution in [1.29, 1.82) is 0 Å². The van der Waals surface area contributed by atoms with E-state index in [2.05, 4.69) is 12.2 Å². The first kappa shape index (κ1) is 15.1. The molecule has 0 radical (unpaired) electrons. The lowest BCUT2D eigenvalue weighted by atomic mass is 9.85. The molecule has 2 N–H and O–H groups in total. The van der Waals surface area contributed by atoms with E-state index in [1.54, 1.807) is 14.2 Å². The Kier molecular flexibility index (Phi) is 4.89.